The molecule has 28 heavy (non-hydrogen) atoms. The number of halogens is 1. The summed E-state index contributed by atoms with van der Waals surface area (Å²) < 4.78 is 15.5. The molecule has 0 saturated heterocycles. The molecule has 1 aliphatic heterocycles. The zero-order chi connectivity index (χ0) is 20.1. The number of benzene rings is 1. The van der Waals surface area contributed by atoms with Gasteiger partial charge in [-0.2, -0.15) is 0 Å². The molecular formula is C24H31FN2O. The predicted octanol–water partition coefficient (Wildman–Crippen LogP) is 5.69. The highest BCUT2D eigenvalue weighted by atomic mass is 19.1. The van der Waals surface area contributed by atoms with Crippen molar-refractivity contribution in [2.24, 2.45) is 17.3 Å². The first-order chi connectivity index (χ1) is 13.2. The Labute approximate surface area is 167 Å². The number of nitrogens with zero attached hydrogens (tertiary/aromatic N) is 2. The van der Waals surface area contributed by atoms with Gasteiger partial charge in [-0.15, -0.1) is 0 Å². The minimum atomic E-state index is -0.680. The van der Waals surface area contributed by atoms with Crippen LogP contribution in [0.15, 0.2) is 36.2 Å². The van der Waals surface area contributed by atoms with Gasteiger partial charge in [-0.05, 0) is 74.8 Å². The first kappa shape index (κ1) is 19.4. The summed E-state index contributed by atoms with van der Waals surface area (Å²) in [6.45, 7) is 9.54. The van der Waals surface area contributed by atoms with Crippen LogP contribution in [0.5, 0.6) is 0 Å². The van der Waals surface area contributed by atoms with Crippen molar-refractivity contribution >= 4 is 6.08 Å². The minimum Gasteiger partial charge on any atom is -0.390 e. The molecule has 0 amide bonds. The number of aromatic nitrogens is 2. The van der Waals surface area contributed by atoms with Crippen LogP contribution in [0.25, 0.3) is 17.3 Å². The lowest BCUT2D eigenvalue weighted by molar-refractivity contribution is -0.0779. The molecule has 0 spiro atoms. The number of allylic oxidation sites excluding steroid dienone is 1. The molecule has 1 fully saturated rings. The average molecular weight is 383 g/mol. The van der Waals surface area contributed by atoms with Crippen molar-refractivity contribution in [3.63, 3.8) is 0 Å². The highest BCUT2D eigenvalue weighted by Crippen LogP contribution is 2.54. The SMILES string of the molecule is CC(C)CC(C)(O)C1CCCC2=Cc3c(-c4ccc(F)cc4)ncn3CC21C. The minimum absolute atomic E-state index is 0.0651. The molecule has 1 saturated carbocycles. The highest BCUT2D eigenvalue weighted by Gasteiger charge is 2.50. The number of imidazole rings is 1. The molecular weight excluding hydrogens is 351 g/mol. The summed E-state index contributed by atoms with van der Waals surface area (Å²) in [5, 5.41) is 11.4. The highest BCUT2D eigenvalue weighted by molar-refractivity contribution is 5.72. The Morgan fingerprint density at radius 3 is 2.71 bits per heavy atom. The fourth-order valence-electron chi connectivity index (χ4n) is 5.76. The maximum Gasteiger partial charge on any atom is 0.123 e. The van der Waals surface area contributed by atoms with Crippen molar-refractivity contribution in [2.45, 2.75) is 65.5 Å². The van der Waals surface area contributed by atoms with E-state index < -0.39 is 5.60 Å². The topological polar surface area (TPSA) is 38.1 Å². The summed E-state index contributed by atoms with van der Waals surface area (Å²) in [5.74, 6) is 0.461. The van der Waals surface area contributed by atoms with Crippen molar-refractivity contribution in [1.82, 2.24) is 9.55 Å². The molecule has 0 radical (unpaired) electrons. The zero-order valence-electron chi connectivity index (χ0n) is 17.4. The van der Waals surface area contributed by atoms with E-state index in [0.717, 1.165) is 49.2 Å². The number of aliphatic hydroxyl groups is 1. The Hall–Kier alpha value is -1.94. The third kappa shape index (κ3) is 3.22. The van der Waals surface area contributed by atoms with Gasteiger partial charge in [-0.3, -0.25) is 0 Å². The lowest BCUT2D eigenvalue weighted by atomic mass is 9.57. The number of hydrogen-bond acceptors (Lipinski definition) is 2. The molecule has 3 nitrogen and oxygen atoms in total. The molecule has 2 aromatic rings. The van der Waals surface area contributed by atoms with E-state index in [1.54, 1.807) is 12.1 Å². The fourth-order valence-corrected chi connectivity index (χ4v) is 5.76. The van der Waals surface area contributed by atoms with Gasteiger partial charge in [0.15, 0.2) is 0 Å². The molecule has 1 aromatic heterocycles. The average Bonchev–Trinajstić information content (AvgIpc) is 3.00. The van der Waals surface area contributed by atoms with Crippen molar-refractivity contribution in [2.75, 3.05) is 0 Å². The van der Waals surface area contributed by atoms with Crippen LogP contribution in [0.4, 0.5) is 4.39 Å². The molecule has 3 atom stereocenters. The van der Waals surface area contributed by atoms with Crippen molar-refractivity contribution in [3.8, 4) is 11.3 Å². The Morgan fingerprint density at radius 2 is 2.04 bits per heavy atom. The smallest absolute Gasteiger partial charge is 0.123 e. The molecule has 4 heteroatoms. The maximum absolute atomic E-state index is 13.3. The van der Waals surface area contributed by atoms with Gasteiger partial charge >= 0.3 is 0 Å². The van der Waals surface area contributed by atoms with Gasteiger partial charge in [0.05, 0.1) is 23.3 Å². The Kier molecular flexibility index (Phi) is 4.73. The first-order valence-corrected chi connectivity index (χ1v) is 10.5. The van der Waals surface area contributed by atoms with Crippen molar-refractivity contribution < 1.29 is 9.50 Å². The predicted molar refractivity (Wildman–Crippen MR) is 111 cm³/mol. The van der Waals surface area contributed by atoms with Crippen molar-refractivity contribution in [3.05, 3.63) is 47.7 Å². The lowest BCUT2D eigenvalue weighted by Crippen LogP contribution is -2.50. The van der Waals surface area contributed by atoms with E-state index in [1.807, 2.05) is 13.3 Å². The number of hydrogen-bond donors (Lipinski definition) is 1. The summed E-state index contributed by atoms with van der Waals surface area (Å²) in [7, 11) is 0. The molecule has 4 rings (SSSR count). The second-order valence-electron chi connectivity index (χ2n) is 9.60. The van der Waals surface area contributed by atoms with Gasteiger partial charge in [0.25, 0.3) is 0 Å². The summed E-state index contributed by atoms with van der Waals surface area (Å²) in [5.41, 5.74) is 3.62. The molecule has 1 aromatic carbocycles. The Balaban J connectivity index is 1.73. The summed E-state index contributed by atoms with van der Waals surface area (Å²) in [4.78, 5) is 4.66. The van der Waals surface area contributed by atoms with Crippen LogP contribution in [-0.4, -0.2) is 20.3 Å². The van der Waals surface area contributed by atoms with Crippen LogP contribution >= 0.6 is 0 Å². The third-order valence-corrected chi connectivity index (χ3v) is 6.82. The van der Waals surface area contributed by atoms with Crippen LogP contribution in [0.3, 0.4) is 0 Å². The summed E-state index contributed by atoms with van der Waals surface area (Å²) >= 11 is 0. The van der Waals surface area contributed by atoms with E-state index in [2.05, 4.69) is 36.4 Å². The molecule has 1 N–H and O–H groups in total. The number of rotatable bonds is 4. The zero-order valence-corrected chi connectivity index (χ0v) is 17.4. The van der Waals surface area contributed by atoms with Gasteiger partial charge in [-0.1, -0.05) is 26.3 Å². The van der Waals surface area contributed by atoms with Gasteiger partial charge in [0.1, 0.15) is 5.82 Å². The van der Waals surface area contributed by atoms with Crippen LogP contribution in [0.2, 0.25) is 0 Å². The fraction of sp³-hybridized carbons (Fsp3) is 0.542. The maximum atomic E-state index is 13.3. The molecule has 1 aliphatic carbocycles. The van der Waals surface area contributed by atoms with Gasteiger partial charge < -0.3 is 9.67 Å². The van der Waals surface area contributed by atoms with Crippen LogP contribution in [0.1, 0.15) is 59.1 Å². The van der Waals surface area contributed by atoms with E-state index in [1.165, 1.54) is 17.7 Å². The van der Waals surface area contributed by atoms with Crippen LogP contribution < -0.4 is 0 Å². The van der Waals surface area contributed by atoms with E-state index in [4.69, 9.17) is 0 Å². The standard InChI is InChI=1S/C24H31FN2O/c1-16(2)13-24(4,28)21-7-5-6-18-12-20-22(17-8-10-19(25)11-9-17)26-15-27(20)14-23(18,21)3/h8-12,15-16,21,28H,5-7,13-14H2,1-4H3. The summed E-state index contributed by atoms with van der Waals surface area (Å²) in [6.07, 6.45) is 8.24. The van der Waals surface area contributed by atoms with E-state index in [-0.39, 0.29) is 17.2 Å². The second kappa shape index (κ2) is 6.84. The largest absolute Gasteiger partial charge is 0.390 e. The molecule has 2 aliphatic rings. The Morgan fingerprint density at radius 1 is 1.32 bits per heavy atom. The molecule has 2 heterocycles. The third-order valence-electron chi connectivity index (χ3n) is 6.82. The Bertz CT molecular complexity index is 894. The second-order valence-corrected chi connectivity index (χ2v) is 9.60. The first-order valence-electron chi connectivity index (χ1n) is 10.5. The molecule has 150 valence electrons. The van der Waals surface area contributed by atoms with Gasteiger partial charge in [-0.25, -0.2) is 9.37 Å². The molecule has 0 bridgehead atoms. The lowest BCUT2D eigenvalue weighted by Gasteiger charge is -2.52. The van der Waals surface area contributed by atoms with Gasteiger partial charge in [0, 0.05) is 17.5 Å². The number of fused-ring (bicyclic) bond motifs is 2. The quantitative estimate of drug-likeness (QED) is 0.738. The van der Waals surface area contributed by atoms with Crippen molar-refractivity contribution in [1.29, 1.82) is 0 Å². The monoisotopic (exact) mass is 382 g/mol. The summed E-state index contributed by atoms with van der Waals surface area (Å²) in [6, 6.07) is 6.56. The van der Waals surface area contributed by atoms with E-state index in [9.17, 15) is 9.50 Å². The van der Waals surface area contributed by atoms with E-state index >= 15 is 0 Å². The van der Waals surface area contributed by atoms with E-state index in [0.29, 0.717) is 5.92 Å². The normalized spacial score (nSPS) is 26.4. The van der Waals surface area contributed by atoms with Crippen LogP contribution in [0, 0.1) is 23.1 Å². The van der Waals surface area contributed by atoms with Gasteiger partial charge in [0.2, 0.25) is 0 Å². The molecule has 3 unspecified atom stereocenters. The van der Waals surface area contributed by atoms with Crippen LogP contribution in [-0.2, 0) is 6.54 Å².